The highest BCUT2D eigenvalue weighted by atomic mass is 16.2. The van der Waals surface area contributed by atoms with Crippen LogP contribution in [0, 0.1) is 5.92 Å². The van der Waals surface area contributed by atoms with Crippen molar-refractivity contribution in [1.82, 2.24) is 10.2 Å². The summed E-state index contributed by atoms with van der Waals surface area (Å²) in [6.45, 7) is 4.06. The topological polar surface area (TPSA) is 49.4 Å². The molecule has 4 heteroatoms. The summed E-state index contributed by atoms with van der Waals surface area (Å²) in [5.41, 5.74) is 2.96. The van der Waals surface area contributed by atoms with E-state index in [1.807, 2.05) is 54.3 Å². The summed E-state index contributed by atoms with van der Waals surface area (Å²) in [4.78, 5) is 26.6. The van der Waals surface area contributed by atoms with Crippen LogP contribution in [-0.4, -0.2) is 36.3 Å². The van der Waals surface area contributed by atoms with E-state index in [2.05, 4.69) is 17.4 Å². The Bertz CT molecular complexity index is 732. The normalized spacial score (nSPS) is 14.9. The fraction of sp³-hybridized carbons (Fsp3) is 0.364. The summed E-state index contributed by atoms with van der Waals surface area (Å²) in [5.74, 6) is 0.217. The number of likely N-dealkylation sites (tertiary alicyclic amines) is 1. The molecule has 0 unspecified atom stereocenters. The van der Waals surface area contributed by atoms with Crippen LogP contribution in [0.4, 0.5) is 0 Å². The van der Waals surface area contributed by atoms with Gasteiger partial charge < -0.3 is 10.2 Å². The largest absolute Gasteiger partial charge is 0.356 e. The Hall–Kier alpha value is -2.62. The first-order valence-electron chi connectivity index (χ1n) is 9.41. The molecule has 1 N–H and O–H groups in total. The molecule has 1 fully saturated rings. The highest BCUT2D eigenvalue weighted by Crippen LogP contribution is 2.22. The van der Waals surface area contributed by atoms with Gasteiger partial charge in [0.1, 0.15) is 0 Å². The molecule has 136 valence electrons. The summed E-state index contributed by atoms with van der Waals surface area (Å²) >= 11 is 0. The first-order valence-corrected chi connectivity index (χ1v) is 9.41. The molecule has 0 aliphatic carbocycles. The molecule has 2 amide bonds. The van der Waals surface area contributed by atoms with Gasteiger partial charge in [-0.1, -0.05) is 49.4 Å². The monoisotopic (exact) mass is 350 g/mol. The van der Waals surface area contributed by atoms with Crippen LogP contribution in [0.3, 0.4) is 0 Å². The van der Waals surface area contributed by atoms with Crippen LogP contribution >= 0.6 is 0 Å². The second kappa shape index (κ2) is 8.65. The van der Waals surface area contributed by atoms with Crippen LogP contribution in [0.25, 0.3) is 11.1 Å². The zero-order chi connectivity index (χ0) is 18.4. The van der Waals surface area contributed by atoms with Crippen molar-refractivity contribution in [3.63, 3.8) is 0 Å². The first-order chi connectivity index (χ1) is 12.7. The minimum absolute atomic E-state index is 0.0334. The van der Waals surface area contributed by atoms with Crippen LogP contribution in [0.2, 0.25) is 0 Å². The average molecular weight is 350 g/mol. The SMILES string of the molecule is CCCNC(=O)C1CCN(C(=O)c2ccc(-c3ccccc3)cc2)CC1. The third-order valence-electron chi connectivity index (χ3n) is 4.94. The standard InChI is InChI=1S/C22H26N2O2/c1-2-14-23-21(25)19-12-15-24(16-13-19)22(26)20-10-8-18(9-11-20)17-6-4-3-5-7-17/h3-11,19H,2,12-16H2,1H3,(H,23,25). The molecule has 0 aromatic heterocycles. The summed E-state index contributed by atoms with van der Waals surface area (Å²) in [6, 6.07) is 17.9. The van der Waals surface area contributed by atoms with E-state index in [4.69, 9.17) is 0 Å². The number of amides is 2. The molecule has 1 aliphatic heterocycles. The zero-order valence-corrected chi connectivity index (χ0v) is 15.3. The smallest absolute Gasteiger partial charge is 0.253 e. The van der Waals surface area contributed by atoms with E-state index < -0.39 is 0 Å². The maximum absolute atomic E-state index is 12.7. The van der Waals surface area contributed by atoms with E-state index in [0.29, 0.717) is 18.7 Å². The number of piperidine rings is 1. The molecule has 0 bridgehead atoms. The van der Waals surface area contributed by atoms with Crippen molar-refractivity contribution in [2.75, 3.05) is 19.6 Å². The number of hydrogen-bond acceptors (Lipinski definition) is 2. The summed E-state index contributed by atoms with van der Waals surface area (Å²) in [6.07, 6.45) is 2.43. The van der Waals surface area contributed by atoms with Gasteiger partial charge in [-0.15, -0.1) is 0 Å². The minimum atomic E-state index is 0.0334. The lowest BCUT2D eigenvalue weighted by Gasteiger charge is -2.31. The lowest BCUT2D eigenvalue weighted by Crippen LogP contribution is -2.43. The highest BCUT2D eigenvalue weighted by molar-refractivity contribution is 5.95. The Morgan fingerprint density at radius 2 is 1.58 bits per heavy atom. The van der Waals surface area contributed by atoms with E-state index in [0.717, 1.165) is 36.9 Å². The lowest BCUT2D eigenvalue weighted by atomic mass is 9.95. The molecule has 2 aromatic carbocycles. The number of nitrogens with zero attached hydrogens (tertiary/aromatic N) is 1. The number of nitrogens with one attached hydrogen (secondary N) is 1. The molecule has 3 rings (SSSR count). The molecule has 4 nitrogen and oxygen atoms in total. The maximum atomic E-state index is 12.7. The van der Waals surface area contributed by atoms with Gasteiger partial charge in [-0.2, -0.15) is 0 Å². The molecule has 0 atom stereocenters. The van der Waals surface area contributed by atoms with E-state index >= 15 is 0 Å². The Morgan fingerprint density at radius 3 is 2.19 bits per heavy atom. The van der Waals surface area contributed by atoms with Gasteiger partial charge in [-0.3, -0.25) is 9.59 Å². The van der Waals surface area contributed by atoms with Crippen molar-refractivity contribution in [2.45, 2.75) is 26.2 Å². The van der Waals surface area contributed by atoms with Crippen LogP contribution < -0.4 is 5.32 Å². The van der Waals surface area contributed by atoms with E-state index in [-0.39, 0.29) is 17.7 Å². The Kier molecular flexibility index (Phi) is 6.05. The highest BCUT2D eigenvalue weighted by Gasteiger charge is 2.27. The van der Waals surface area contributed by atoms with Crippen molar-refractivity contribution in [1.29, 1.82) is 0 Å². The van der Waals surface area contributed by atoms with Gasteiger partial charge >= 0.3 is 0 Å². The molecule has 2 aromatic rings. The minimum Gasteiger partial charge on any atom is -0.356 e. The fourth-order valence-corrected chi connectivity index (χ4v) is 3.36. The number of benzene rings is 2. The van der Waals surface area contributed by atoms with Gasteiger partial charge in [0.25, 0.3) is 5.91 Å². The molecule has 0 saturated carbocycles. The van der Waals surface area contributed by atoms with Crippen molar-refractivity contribution >= 4 is 11.8 Å². The molecular weight excluding hydrogens is 324 g/mol. The Labute approximate surface area is 155 Å². The van der Waals surface area contributed by atoms with E-state index in [1.54, 1.807) is 0 Å². The predicted octanol–water partition coefficient (Wildman–Crippen LogP) is 3.73. The second-order valence-electron chi connectivity index (χ2n) is 6.80. The summed E-state index contributed by atoms with van der Waals surface area (Å²) in [5, 5.41) is 2.96. The molecule has 1 saturated heterocycles. The maximum Gasteiger partial charge on any atom is 0.253 e. The first kappa shape index (κ1) is 18.2. The van der Waals surface area contributed by atoms with Gasteiger partial charge in [-0.05, 0) is 42.5 Å². The van der Waals surface area contributed by atoms with Crippen LogP contribution in [0.1, 0.15) is 36.5 Å². The molecule has 0 radical (unpaired) electrons. The van der Waals surface area contributed by atoms with Crippen molar-refractivity contribution < 1.29 is 9.59 Å². The molecule has 1 heterocycles. The average Bonchev–Trinajstić information content (AvgIpc) is 2.72. The van der Waals surface area contributed by atoms with Gasteiger partial charge in [0, 0.05) is 31.1 Å². The quantitative estimate of drug-likeness (QED) is 0.893. The van der Waals surface area contributed by atoms with Crippen LogP contribution in [0.5, 0.6) is 0 Å². The van der Waals surface area contributed by atoms with Gasteiger partial charge in [0.15, 0.2) is 0 Å². The number of rotatable bonds is 5. The zero-order valence-electron chi connectivity index (χ0n) is 15.3. The van der Waals surface area contributed by atoms with Crippen molar-refractivity contribution in [3.8, 4) is 11.1 Å². The molecule has 1 aliphatic rings. The molecular formula is C22H26N2O2. The second-order valence-corrected chi connectivity index (χ2v) is 6.80. The van der Waals surface area contributed by atoms with E-state index in [9.17, 15) is 9.59 Å². The molecule has 26 heavy (non-hydrogen) atoms. The lowest BCUT2D eigenvalue weighted by molar-refractivity contribution is -0.126. The van der Waals surface area contributed by atoms with E-state index in [1.165, 1.54) is 0 Å². The Balaban J connectivity index is 1.58. The third kappa shape index (κ3) is 4.31. The molecule has 0 spiro atoms. The Morgan fingerprint density at radius 1 is 0.962 bits per heavy atom. The van der Waals surface area contributed by atoms with Crippen molar-refractivity contribution in [2.24, 2.45) is 5.92 Å². The third-order valence-corrected chi connectivity index (χ3v) is 4.94. The summed E-state index contributed by atoms with van der Waals surface area (Å²) < 4.78 is 0. The number of carbonyl (C=O) groups excluding carboxylic acids is 2. The number of hydrogen-bond donors (Lipinski definition) is 1. The van der Waals surface area contributed by atoms with Crippen molar-refractivity contribution in [3.05, 3.63) is 60.2 Å². The van der Waals surface area contributed by atoms with Crippen LogP contribution in [-0.2, 0) is 4.79 Å². The fourth-order valence-electron chi connectivity index (χ4n) is 3.36. The summed E-state index contributed by atoms with van der Waals surface area (Å²) in [7, 11) is 0. The van der Waals surface area contributed by atoms with Gasteiger partial charge in [0.05, 0.1) is 0 Å². The van der Waals surface area contributed by atoms with Crippen LogP contribution in [0.15, 0.2) is 54.6 Å². The predicted molar refractivity (Wildman–Crippen MR) is 104 cm³/mol. The van der Waals surface area contributed by atoms with Gasteiger partial charge in [-0.25, -0.2) is 0 Å². The number of carbonyl (C=O) groups is 2. The van der Waals surface area contributed by atoms with Gasteiger partial charge in [0.2, 0.25) is 5.91 Å².